The number of benzene rings is 2. The number of aryl methyl sites for hydroxylation is 1. The van der Waals surface area contributed by atoms with Gasteiger partial charge in [0.2, 0.25) is 0 Å². The molecule has 6 rings (SSSR count). The van der Waals surface area contributed by atoms with E-state index in [9.17, 15) is 9.59 Å². The Morgan fingerprint density at radius 3 is 2.66 bits per heavy atom. The van der Waals surface area contributed by atoms with Gasteiger partial charge in [0.1, 0.15) is 17.2 Å². The fourth-order valence-corrected chi connectivity index (χ4v) is 5.60. The molecule has 4 heterocycles. The summed E-state index contributed by atoms with van der Waals surface area (Å²) in [6.07, 6.45) is 0.738. The molecule has 32 heavy (non-hydrogen) atoms. The predicted molar refractivity (Wildman–Crippen MR) is 128 cm³/mol. The van der Waals surface area contributed by atoms with E-state index < -0.39 is 11.5 Å². The molecular formula is C24H20N4O3S. The van der Waals surface area contributed by atoms with Crippen molar-refractivity contribution in [3.63, 3.8) is 0 Å². The number of nitrogens with one attached hydrogen (secondary N) is 1. The maximum Gasteiger partial charge on any atom is 0.342 e. The Hall–Kier alpha value is -3.52. The van der Waals surface area contributed by atoms with Gasteiger partial charge < -0.3 is 14.6 Å². The SMILES string of the molecule is CN(C)c1ccc(C2c3c(n4c(nc3=O)CCS4)Nc3c2c(=O)oc2ccccc32)cc1. The quantitative estimate of drug-likeness (QED) is 0.416. The van der Waals surface area contributed by atoms with Crippen LogP contribution in [0, 0.1) is 0 Å². The molecule has 1 unspecified atom stereocenters. The Kier molecular flexibility index (Phi) is 4.19. The van der Waals surface area contributed by atoms with Crippen LogP contribution in [-0.2, 0) is 6.42 Å². The molecule has 2 aromatic carbocycles. The number of fused-ring (bicyclic) bond motifs is 6. The molecule has 0 spiro atoms. The van der Waals surface area contributed by atoms with Crippen LogP contribution in [0.3, 0.4) is 0 Å². The standard InChI is InChI=1S/C24H20N4O3S/c1-27(2)14-9-7-13(8-10-14)18-19-21(15-5-3-4-6-16(15)31-24(19)30)26-22-20(18)23(29)25-17-11-12-32-28(17)22/h3-10,18,26H,11-12H2,1-2H3. The predicted octanol–water partition coefficient (Wildman–Crippen LogP) is 3.71. The molecular weight excluding hydrogens is 424 g/mol. The van der Waals surface area contributed by atoms with Crippen molar-refractivity contribution in [1.29, 1.82) is 0 Å². The van der Waals surface area contributed by atoms with Crippen LogP contribution in [0.15, 0.2) is 62.5 Å². The highest BCUT2D eigenvalue weighted by atomic mass is 32.2. The summed E-state index contributed by atoms with van der Waals surface area (Å²) in [5.41, 5.74) is 3.26. The first kappa shape index (κ1) is 19.2. The molecule has 8 heteroatoms. The zero-order chi connectivity index (χ0) is 22.0. The minimum atomic E-state index is -0.572. The minimum absolute atomic E-state index is 0.304. The molecule has 0 saturated carbocycles. The highest BCUT2D eigenvalue weighted by molar-refractivity contribution is 7.98. The van der Waals surface area contributed by atoms with Crippen molar-refractivity contribution >= 4 is 40.1 Å². The van der Waals surface area contributed by atoms with Crippen LogP contribution in [0.4, 0.5) is 17.2 Å². The number of aromatic nitrogens is 2. The maximum atomic E-state index is 13.3. The summed E-state index contributed by atoms with van der Waals surface area (Å²) < 4.78 is 7.69. The fraction of sp³-hybridized carbons (Fsp3) is 0.208. The van der Waals surface area contributed by atoms with Crippen LogP contribution in [0.5, 0.6) is 0 Å². The van der Waals surface area contributed by atoms with Gasteiger partial charge in [-0.05, 0) is 41.8 Å². The van der Waals surface area contributed by atoms with Gasteiger partial charge in [-0.15, -0.1) is 0 Å². The molecule has 2 aromatic heterocycles. The van der Waals surface area contributed by atoms with E-state index in [4.69, 9.17) is 4.42 Å². The second-order valence-electron chi connectivity index (χ2n) is 8.19. The molecule has 0 radical (unpaired) electrons. The Morgan fingerprint density at radius 2 is 1.88 bits per heavy atom. The third kappa shape index (κ3) is 2.72. The minimum Gasteiger partial charge on any atom is -0.422 e. The molecule has 160 valence electrons. The Bertz CT molecular complexity index is 1510. The Morgan fingerprint density at radius 1 is 1.09 bits per heavy atom. The van der Waals surface area contributed by atoms with E-state index in [0.29, 0.717) is 28.2 Å². The summed E-state index contributed by atoms with van der Waals surface area (Å²) in [7, 11) is 3.95. The lowest BCUT2D eigenvalue weighted by molar-refractivity contribution is 0.548. The first-order valence-corrected chi connectivity index (χ1v) is 11.4. The van der Waals surface area contributed by atoms with Crippen molar-refractivity contribution in [3.8, 4) is 0 Å². The van der Waals surface area contributed by atoms with Gasteiger partial charge in [0.05, 0.1) is 22.7 Å². The Labute approximate surface area is 187 Å². The van der Waals surface area contributed by atoms with E-state index >= 15 is 0 Å². The molecule has 1 atom stereocenters. The average Bonchev–Trinajstić information content (AvgIpc) is 3.26. The van der Waals surface area contributed by atoms with E-state index in [1.54, 1.807) is 18.0 Å². The number of nitrogens with zero attached hydrogens (tertiary/aromatic N) is 3. The van der Waals surface area contributed by atoms with Gasteiger partial charge in [0, 0.05) is 37.3 Å². The maximum absolute atomic E-state index is 13.3. The second kappa shape index (κ2) is 7.00. The lowest BCUT2D eigenvalue weighted by Gasteiger charge is -2.30. The van der Waals surface area contributed by atoms with Crippen LogP contribution < -0.4 is 21.4 Å². The first-order chi connectivity index (χ1) is 15.5. The number of hydrogen-bond acceptors (Lipinski definition) is 7. The number of para-hydroxylation sites is 1. The van der Waals surface area contributed by atoms with Crippen LogP contribution in [-0.4, -0.2) is 28.8 Å². The van der Waals surface area contributed by atoms with Crippen molar-refractivity contribution in [1.82, 2.24) is 8.96 Å². The summed E-state index contributed by atoms with van der Waals surface area (Å²) in [6, 6.07) is 15.4. The molecule has 0 fully saturated rings. The normalized spacial score (nSPS) is 16.2. The lowest BCUT2D eigenvalue weighted by Crippen LogP contribution is -2.31. The molecule has 7 nitrogen and oxygen atoms in total. The third-order valence-electron chi connectivity index (χ3n) is 6.11. The summed E-state index contributed by atoms with van der Waals surface area (Å²) >= 11 is 1.62. The molecule has 2 aliphatic rings. The number of rotatable bonds is 2. The monoisotopic (exact) mass is 444 g/mol. The zero-order valence-electron chi connectivity index (χ0n) is 17.6. The van der Waals surface area contributed by atoms with Crippen molar-refractivity contribution in [2.24, 2.45) is 0 Å². The average molecular weight is 445 g/mol. The van der Waals surface area contributed by atoms with E-state index in [1.165, 1.54) is 0 Å². The summed E-state index contributed by atoms with van der Waals surface area (Å²) in [6.45, 7) is 0. The van der Waals surface area contributed by atoms with E-state index in [2.05, 4.69) is 10.3 Å². The van der Waals surface area contributed by atoms with Crippen molar-refractivity contribution < 1.29 is 4.42 Å². The molecule has 0 amide bonds. The highest BCUT2D eigenvalue weighted by Crippen LogP contribution is 2.46. The van der Waals surface area contributed by atoms with E-state index in [-0.39, 0.29) is 5.56 Å². The van der Waals surface area contributed by atoms with Gasteiger partial charge in [-0.25, -0.2) is 4.79 Å². The molecule has 0 saturated heterocycles. The number of anilines is 3. The molecule has 1 N–H and O–H groups in total. The largest absolute Gasteiger partial charge is 0.422 e. The van der Waals surface area contributed by atoms with E-state index in [1.807, 2.05) is 65.4 Å². The zero-order valence-corrected chi connectivity index (χ0v) is 18.4. The molecule has 0 bridgehead atoms. The van der Waals surface area contributed by atoms with Gasteiger partial charge in [0.25, 0.3) is 5.56 Å². The fourth-order valence-electron chi connectivity index (χ4n) is 4.59. The first-order valence-electron chi connectivity index (χ1n) is 10.4. The molecule has 4 aromatic rings. The summed E-state index contributed by atoms with van der Waals surface area (Å²) in [4.78, 5) is 32.9. The summed E-state index contributed by atoms with van der Waals surface area (Å²) in [5, 5.41) is 4.24. The van der Waals surface area contributed by atoms with E-state index in [0.717, 1.165) is 34.6 Å². The van der Waals surface area contributed by atoms with Crippen molar-refractivity contribution in [2.75, 3.05) is 30.1 Å². The van der Waals surface area contributed by atoms with Gasteiger partial charge in [-0.1, -0.05) is 24.3 Å². The van der Waals surface area contributed by atoms with Crippen molar-refractivity contribution in [2.45, 2.75) is 12.3 Å². The van der Waals surface area contributed by atoms with Gasteiger partial charge >= 0.3 is 5.63 Å². The van der Waals surface area contributed by atoms with Crippen LogP contribution in [0.2, 0.25) is 0 Å². The lowest BCUT2D eigenvalue weighted by atomic mass is 9.82. The van der Waals surface area contributed by atoms with Gasteiger partial charge in [-0.2, -0.15) is 4.98 Å². The third-order valence-corrected chi connectivity index (χ3v) is 7.15. The van der Waals surface area contributed by atoms with Gasteiger partial charge in [-0.3, -0.25) is 8.77 Å². The molecule has 2 aliphatic heterocycles. The van der Waals surface area contributed by atoms with Crippen LogP contribution >= 0.6 is 11.9 Å². The smallest absolute Gasteiger partial charge is 0.342 e. The van der Waals surface area contributed by atoms with Crippen molar-refractivity contribution in [3.05, 3.63) is 91.8 Å². The topological polar surface area (TPSA) is 80.4 Å². The Balaban J connectivity index is 1.70. The van der Waals surface area contributed by atoms with Crippen LogP contribution in [0.1, 0.15) is 28.4 Å². The second-order valence-corrected chi connectivity index (χ2v) is 9.22. The molecule has 0 aliphatic carbocycles. The van der Waals surface area contributed by atoms with Gasteiger partial charge in [0.15, 0.2) is 0 Å². The summed E-state index contributed by atoms with van der Waals surface area (Å²) in [5.74, 6) is 1.74. The van der Waals surface area contributed by atoms with Crippen LogP contribution in [0.25, 0.3) is 11.0 Å². The number of hydrogen-bond donors (Lipinski definition) is 1. The highest BCUT2D eigenvalue weighted by Gasteiger charge is 2.37.